The van der Waals surface area contributed by atoms with Gasteiger partial charge in [-0.15, -0.1) is 0 Å². The number of halogens is 3. The van der Waals surface area contributed by atoms with Gasteiger partial charge in [-0.2, -0.15) is 13.2 Å². The molecular formula is C31H29F3N4O4. The SMILES string of the molecule is CC(O)C(NC(=O)c1c[nH]c(=O)c(-c2ccccn2)c1)C(NC1CCOc2ccccc21)(c1ccccc1)C(F)(F)F. The van der Waals surface area contributed by atoms with Gasteiger partial charge in [0.25, 0.3) is 11.5 Å². The van der Waals surface area contributed by atoms with Crippen LogP contribution in [0.5, 0.6) is 5.75 Å². The highest BCUT2D eigenvalue weighted by molar-refractivity contribution is 5.95. The topological polar surface area (TPSA) is 116 Å². The lowest BCUT2D eigenvalue weighted by molar-refractivity contribution is -0.220. The fourth-order valence-electron chi connectivity index (χ4n) is 5.38. The molecule has 0 saturated heterocycles. The Balaban J connectivity index is 1.60. The molecule has 4 aromatic rings. The number of H-pyrrole nitrogens is 1. The average molecular weight is 579 g/mol. The van der Waals surface area contributed by atoms with Gasteiger partial charge in [-0.05, 0) is 36.8 Å². The van der Waals surface area contributed by atoms with Crippen molar-refractivity contribution in [1.82, 2.24) is 20.6 Å². The fraction of sp³-hybridized carbons (Fsp3) is 0.258. The monoisotopic (exact) mass is 578 g/mol. The van der Waals surface area contributed by atoms with Crippen molar-refractivity contribution in [3.8, 4) is 17.0 Å². The van der Waals surface area contributed by atoms with E-state index < -0.39 is 41.4 Å². The van der Waals surface area contributed by atoms with E-state index in [0.717, 1.165) is 6.20 Å². The third kappa shape index (κ3) is 5.53. The Kier molecular flexibility index (Phi) is 8.15. The Labute approximate surface area is 239 Å². The van der Waals surface area contributed by atoms with E-state index in [1.807, 2.05) is 0 Å². The molecule has 4 N–H and O–H groups in total. The summed E-state index contributed by atoms with van der Waals surface area (Å²) in [6.07, 6.45) is -3.86. The van der Waals surface area contributed by atoms with Gasteiger partial charge in [0.15, 0.2) is 5.54 Å². The van der Waals surface area contributed by atoms with Gasteiger partial charge < -0.3 is 20.1 Å². The molecule has 0 bridgehead atoms. The van der Waals surface area contributed by atoms with E-state index in [9.17, 15) is 14.7 Å². The Morgan fingerprint density at radius 1 is 1.07 bits per heavy atom. The minimum absolute atomic E-state index is 0.0685. The zero-order chi connectivity index (χ0) is 29.9. The second-order valence-corrected chi connectivity index (χ2v) is 10.1. The molecule has 4 unspecified atom stereocenters. The molecule has 218 valence electrons. The van der Waals surface area contributed by atoms with Crippen molar-refractivity contribution in [3.63, 3.8) is 0 Å². The largest absolute Gasteiger partial charge is 0.493 e. The summed E-state index contributed by atoms with van der Waals surface area (Å²) in [7, 11) is 0. The number of pyridine rings is 2. The van der Waals surface area contributed by atoms with Crippen molar-refractivity contribution in [1.29, 1.82) is 0 Å². The summed E-state index contributed by atoms with van der Waals surface area (Å²) in [5.74, 6) is -0.466. The predicted molar refractivity (Wildman–Crippen MR) is 150 cm³/mol. The molecule has 2 aromatic heterocycles. The highest BCUT2D eigenvalue weighted by atomic mass is 19.4. The van der Waals surface area contributed by atoms with Crippen LogP contribution in [0.2, 0.25) is 0 Å². The molecule has 4 atom stereocenters. The van der Waals surface area contributed by atoms with Crippen molar-refractivity contribution in [2.75, 3.05) is 6.61 Å². The number of amides is 1. The first-order valence-electron chi connectivity index (χ1n) is 13.4. The first kappa shape index (κ1) is 29.0. The number of aromatic nitrogens is 2. The molecule has 2 aromatic carbocycles. The molecule has 0 fully saturated rings. The normalized spacial score (nSPS) is 17.7. The van der Waals surface area contributed by atoms with Crippen LogP contribution in [-0.4, -0.2) is 45.9 Å². The number of aliphatic hydroxyl groups is 1. The van der Waals surface area contributed by atoms with E-state index in [0.29, 0.717) is 11.3 Å². The molecule has 5 rings (SSSR count). The Morgan fingerprint density at radius 3 is 2.48 bits per heavy atom. The average Bonchev–Trinajstić information content (AvgIpc) is 2.99. The maximum Gasteiger partial charge on any atom is 0.412 e. The maximum absolute atomic E-state index is 15.6. The Bertz CT molecular complexity index is 1600. The second-order valence-electron chi connectivity index (χ2n) is 10.1. The van der Waals surface area contributed by atoms with E-state index >= 15 is 13.2 Å². The molecular weight excluding hydrogens is 549 g/mol. The molecule has 1 aliphatic rings. The number of benzene rings is 2. The number of aliphatic hydroxyl groups excluding tert-OH is 1. The third-order valence-electron chi connectivity index (χ3n) is 7.38. The number of carbonyl (C=O) groups excluding carboxylic acids is 1. The van der Waals surface area contributed by atoms with Gasteiger partial charge in [-0.3, -0.25) is 19.9 Å². The maximum atomic E-state index is 15.6. The lowest BCUT2D eigenvalue weighted by atomic mass is 9.77. The molecule has 1 aliphatic heterocycles. The van der Waals surface area contributed by atoms with E-state index in [4.69, 9.17) is 4.74 Å². The van der Waals surface area contributed by atoms with Crippen LogP contribution in [0.4, 0.5) is 13.2 Å². The number of fused-ring (bicyclic) bond motifs is 1. The fourth-order valence-corrected chi connectivity index (χ4v) is 5.38. The molecule has 0 spiro atoms. The molecule has 0 aliphatic carbocycles. The number of nitrogens with zero attached hydrogens (tertiary/aromatic N) is 1. The summed E-state index contributed by atoms with van der Waals surface area (Å²) in [6, 6.07) is 17.4. The van der Waals surface area contributed by atoms with Crippen molar-refractivity contribution in [3.05, 3.63) is 118 Å². The summed E-state index contributed by atoms with van der Waals surface area (Å²) in [5, 5.41) is 16.2. The first-order chi connectivity index (χ1) is 20.1. The van der Waals surface area contributed by atoms with Crippen LogP contribution in [0, 0.1) is 0 Å². The van der Waals surface area contributed by atoms with Crippen LogP contribution in [0.25, 0.3) is 11.3 Å². The quantitative estimate of drug-likeness (QED) is 0.245. The number of aromatic amines is 1. The Hall–Kier alpha value is -4.48. The minimum Gasteiger partial charge on any atom is -0.493 e. The molecule has 8 nitrogen and oxygen atoms in total. The van der Waals surface area contributed by atoms with Gasteiger partial charge in [0.1, 0.15) is 5.75 Å². The zero-order valence-electron chi connectivity index (χ0n) is 22.6. The lowest BCUT2D eigenvalue weighted by Gasteiger charge is -2.47. The standard InChI is InChI=1S/C31H29F3N4O4/c1-19(39)27(37-28(40)20-17-23(29(41)36-18-20)24-12-7-8-15-35-24)30(31(32,33)34,21-9-3-2-4-10-21)38-25-14-16-42-26-13-6-5-11-22(25)26/h2-13,15,17-19,25,27,38-39H,14,16H2,1H3,(H,36,41)(H,37,40). The molecule has 0 radical (unpaired) electrons. The number of hydrogen-bond acceptors (Lipinski definition) is 6. The van der Waals surface area contributed by atoms with Gasteiger partial charge in [-0.1, -0.05) is 54.6 Å². The van der Waals surface area contributed by atoms with E-state index in [2.05, 4.69) is 20.6 Å². The molecule has 11 heteroatoms. The van der Waals surface area contributed by atoms with Gasteiger partial charge >= 0.3 is 6.18 Å². The van der Waals surface area contributed by atoms with Crippen LogP contribution >= 0.6 is 0 Å². The predicted octanol–water partition coefficient (Wildman–Crippen LogP) is 4.49. The summed E-state index contributed by atoms with van der Waals surface area (Å²) in [4.78, 5) is 32.6. The van der Waals surface area contributed by atoms with Crippen LogP contribution in [0.3, 0.4) is 0 Å². The number of alkyl halides is 3. The first-order valence-corrected chi connectivity index (χ1v) is 13.4. The molecule has 42 heavy (non-hydrogen) atoms. The van der Waals surface area contributed by atoms with Crippen LogP contribution in [0.1, 0.15) is 40.9 Å². The number of hydrogen-bond donors (Lipinski definition) is 4. The molecule has 0 saturated carbocycles. The van der Waals surface area contributed by atoms with E-state index in [1.165, 1.54) is 43.5 Å². The summed E-state index contributed by atoms with van der Waals surface area (Å²) < 4.78 is 52.4. The second kappa shape index (κ2) is 11.8. The smallest absolute Gasteiger partial charge is 0.412 e. The van der Waals surface area contributed by atoms with Gasteiger partial charge in [-0.25, -0.2) is 0 Å². The van der Waals surface area contributed by atoms with E-state index in [-0.39, 0.29) is 35.4 Å². The van der Waals surface area contributed by atoms with Crippen LogP contribution in [0.15, 0.2) is 96.1 Å². The van der Waals surface area contributed by atoms with Gasteiger partial charge in [0.2, 0.25) is 0 Å². The highest BCUT2D eigenvalue weighted by Gasteiger charge is 2.63. The lowest BCUT2D eigenvalue weighted by Crippen LogP contribution is -2.69. The van der Waals surface area contributed by atoms with Crippen molar-refractivity contribution in [2.45, 2.75) is 43.2 Å². The zero-order valence-corrected chi connectivity index (χ0v) is 22.6. The van der Waals surface area contributed by atoms with Gasteiger partial charge in [0, 0.05) is 30.4 Å². The van der Waals surface area contributed by atoms with E-state index in [1.54, 1.807) is 48.5 Å². The summed E-state index contributed by atoms with van der Waals surface area (Å²) in [6.45, 7) is 1.37. The van der Waals surface area contributed by atoms with Crippen LogP contribution < -0.4 is 20.9 Å². The van der Waals surface area contributed by atoms with Crippen molar-refractivity contribution in [2.24, 2.45) is 0 Å². The van der Waals surface area contributed by atoms with Gasteiger partial charge in [0.05, 0.1) is 35.6 Å². The number of para-hydroxylation sites is 1. The Morgan fingerprint density at radius 2 is 1.79 bits per heavy atom. The number of nitrogens with one attached hydrogen (secondary N) is 3. The molecule has 3 heterocycles. The van der Waals surface area contributed by atoms with Crippen molar-refractivity contribution >= 4 is 5.91 Å². The van der Waals surface area contributed by atoms with Crippen molar-refractivity contribution < 1.29 is 27.8 Å². The number of rotatable bonds is 8. The number of carbonyl (C=O) groups is 1. The molecule has 1 amide bonds. The minimum atomic E-state index is -5.00. The van der Waals surface area contributed by atoms with Crippen LogP contribution in [-0.2, 0) is 5.54 Å². The summed E-state index contributed by atoms with van der Waals surface area (Å²) >= 11 is 0. The highest BCUT2D eigenvalue weighted by Crippen LogP contribution is 2.46. The number of ether oxygens (including phenoxy) is 1. The summed E-state index contributed by atoms with van der Waals surface area (Å²) in [5.41, 5.74) is -2.87. The third-order valence-corrected chi connectivity index (χ3v) is 7.38.